The van der Waals surface area contributed by atoms with Crippen LogP contribution in [0, 0.1) is 11.3 Å². The molecule has 12 heteroatoms. The van der Waals surface area contributed by atoms with E-state index in [4.69, 9.17) is 21.4 Å². The summed E-state index contributed by atoms with van der Waals surface area (Å²) in [5.74, 6) is 0.625. The van der Waals surface area contributed by atoms with E-state index in [0.29, 0.717) is 53.6 Å². The predicted molar refractivity (Wildman–Crippen MR) is 143 cm³/mol. The van der Waals surface area contributed by atoms with Crippen LogP contribution in [-0.2, 0) is 6.54 Å². The van der Waals surface area contributed by atoms with Crippen LogP contribution in [0.2, 0.25) is 0 Å². The van der Waals surface area contributed by atoms with Gasteiger partial charge in [0.25, 0.3) is 0 Å². The minimum atomic E-state index is -0.916. The number of nitrogens with one attached hydrogen (secondary N) is 2. The van der Waals surface area contributed by atoms with Crippen molar-refractivity contribution in [3.63, 3.8) is 0 Å². The number of carbonyl (C=O) groups is 1. The Hall–Kier alpha value is -4.31. The first kappa shape index (κ1) is 26.7. The SMILES string of the molecule is N#CCCNc1nonc1-c1nc2ccccc2n1CC(=O)c1ccc(NC(O)[C@@H](N)CCCCN)cc1. The molecule has 1 unspecified atom stereocenters. The van der Waals surface area contributed by atoms with Crippen LogP contribution in [0.1, 0.15) is 36.0 Å². The number of fused-ring (bicyclic) bond motifs is 1. The van der Waals surface area contributed by atoms with Crippen molar-refractivity contribution in [2.24, 2.45) is 11.5 Å². The predicted octanol–water partition coefficient (Wildman–Crippen LogP) is 2.48. The molecule has 198 valence electrons. The molecule has 2 aromatic heterocycles. The molecule has 12 nitrogen and oxygen atoms in total. The van der Waals surface area contributed by atoms with Gasteiger partial charge in [0, 0.05) is 23.8 Å². The normalized spacial score (nSPS) is 12.7. The number of para-hydroxylation sites is 2. The second kappa shape index (κ2) is 12.8. The minimum absolute atomic E-state index is 0.00175. The number of nitriles is 1. The van der Waals surface area contributed by atoms with Crippen LogP contribution in [0.15, 0.2) is 53.2 Å². The molecule has 2 heterocycles. The van der Waals surface area contributed by atoms with Gasteiger partial charge in [0.2, 0.25) is 5.82 Å². The molecule has 38 heavy (non-hydrogen) atoms. The molecule has 0 bridgehead atoms. The van der Waals surface area contributed by atoms with Crippen LogP contribution in [0.4, 0.5) is 11.5 Å². The number of hydrogen-bond donors (Lipinski definition) is 5. The fourth-order valence-corrected chi connectivity index (χ4v) is 4.05. The Morgan fingerprint density at radius 1 is 1.16 bits per heavy atom. The van der Waals surface area contributed by atoms with E-state index in [-0.39, 0.29) is 18.7 Å². The molecule has 4 aromatic rings. The summed E-state index contributed by atoms with van der Waals surface area (Å²) in [6.45, 7) is 0.963. The monoisotopic (exact) mass is 517 g/mol. The van der Waals surface area contributed by atoms with Crippen molar-refractivity contribution in [1.82, 2.24) is 19.9 Å². The number of nitrogens with zero attached hydrogens (tertiary/aromatic N) is 5. The Bertz CT molecular complexity index is 1390. The molecule has 0 saturated carbocycles. The standard InChI is InChI=1S/C26H31N9O3/c27-13-4-3-6-19(29)26(37)31-18-11-9-17(10-12-18)22(36)16-35-21-8-2-1-7-20(21)32-25(35)23-24(34-38-33-23)30-15-5-14-28/h1-2,7-12,19,26,31,37H,3-6,13,15-16,27,29H2,(H,30,34)/t19-,26?/m0/s1. The highest BCUT2D eigenvalue weighted by Crippen LogP contribution is 2.28. The highest BCUT2D eigenvalue weighted by molar-refractivity contribution is 5.97. The second-order valence-electron chi connectivity index (χ2n) is 8.84. The summed E-state index contributed by atoms with van der Waals surface area (Å²) in [6.07, 6.45) is 1.72. The minimum Gasteiger partial charge on any atom is -0.372 e. The van der Waals surface area contributed by atoms with Gasteiger partial charge in [0.15, 0.2) is 17.3 Å². The first-order valence-corrected chi connectivity index (χ1v) is 12.4. The number of aromatic nitrogens is 4. The summed E-state index contributed by atoms with van der Waals surface area (Å²) in [7, 11) is 0. The van der Waals surface area contributed by atoms with E-state index < -0.39 is 12.3 Å². The molecule has 0 radical (unpaired) electrons. The van der Waals surface area contributed by atoms with Gasteiger partial charge in [0.05, 0.1) is 30.1 Å². The Kier molecular flexibility index (Phi) is 8.99. The Morgan fingerprint density at radius 2 is 1.95 bits per heavy atom. The van der Waals surface area contributed by atoms with E-state index in [1.807, 2.05) is 24.3 Å². The average molecular weight is 518 g/mol. The first-order chi connectivity index (χ1) is 18.5. The summed E-state index contributed by atoms with van der Waals surface area (Å²) >= 11 is 0. The molecule has 0 spiro atoms. The first-order valence-electron chi connectivity index (χ1n) is 12.4. The van der Waals surface area contributed by atoms with Gasteiger partial charge in [-0.1, -0.05) is 18.6 Å². The Morgan fingerprint density at radius 3 is 2.71 bits per heavy atom. The van der Waals surface area contributed by atoms with Crippen LogP contribution in [0.25, 0.3) is 22.6 Å². The third kappa shape index (κ3) is 6.33. The second-order valence-corrected chi connectivity index (χ2v) is 8.84. The number of imidazole rings is 1. The van der Waals surface area contributed by atoms with E-state index in [1.54, 1.807) is 28.8 Å². The van der Waals surface area contributed by atoms with Gasteiger partial charge >= 0.3 is 0 Å². The fraction of sp³-hybridized carbons (Fsp3) is 0.346. The zero-order chi connectivity index (χ0) is 26.9. The smallest absolute Gasteiger partial charge is 0.202 e. The molecule has 0 saturated heterocycles. The fourth-order valence-electron chi connectivity index (χ4n) is 4.05. The maximum atomic E-state index is 13.3. The molecule has 0 aliphatic heterocycles. The molecule has 4 rings (SSSR count). The summed E-state index contributed by atoms with van der Waals surface area (Å²) in [5.41, 5.74) is 14.5. The Balaban J connectivity index is 1.51. The van der Waals surface area contributed by atoms with Gasteiger partial charge in [-0.15, -0.1) is 0 Å². The van der Waals surface area contributed by atoms with E-state index in [9.17, 15) is 9.90 Å². The topological polar surface area (TPSA) is 194 Å². The van der Waals surface area contributed by atoms with E-state index in [0.717, 1.165) is 18.4 Å². The average Bonchev–Trinajstić information content (AvgIpc) is 3.53. The van der Waals surface area contributed by atoms with Crippen molar-refractivity contribution < 1.29 is 14.5 Å². The number of hydrogen-bond acceptors (Lipinski definition) is 11. The van der Waals surface area contributed by atoms with Crippen molar-refractivity contribution in [2.75, 3.05) is 23.7 Å². The number of carbonyl (C=O) groups excluding carboxylic acids is 1. The summed E-state index contributed by atoms with van der Waals surface area (Å²) in [6, 6.07) is 15.9. The van der Waals surface area contributed by atoms with E-state index in [2.05, 4.69) is 32.0 Å². The maximum Gasteiger partial charge on any atom is 0.202 e. The number of ketones is 1. The van der Waals surface area contributed by atoms with Crippen LogP contribution in [0.5, 0.6) is 0 Å². The highest BCUT2D eigenvalue weighted by Gasteiger charge is 2.22. The van der Waals surface area contributed by atoms with Gasteiger partial charge in [0.1, 0.15) is 6.23 Å². The van der Waals surface area contributed by atoms with Crippen molar-refractivity contribution >= 4 is 28.3 Å². The zero-order valence-electron chi connectivity index (χ0n) is 20.9. The Labute approximate surface area is 219 Å². The number of benzene rings is 2. The number of unbranched alkanes of at least 4 members (excludes halogenated alkanes) is 1. The van der Waals surface area contributed by atoms with E-state index in [1.165, 1.54) is 0 Å². The van der Waals surface area contributed by atoms with Gasteiger partial charge in [-0.05, 0) is 66.1 Å². The number of aliphatic hydroxyl groups is 1. The van der Waals surface area contributed by atoms with Crippen molar-refractivity contribution in [3.8, 4) is 17.6 Å². The molecule has 0 amide bonds. The number of aliphatic hydroxyl groups excluding tert-OH is 1. The third-order valence-corrected chi connectivity index (χ3v) is 6.10. The lowest BCUT2D eigenvalue weighted by Gasteiger charge is -2.21. The van der Waals surface area contributed by atoms with Crippen molar-refractivity contribution in [1.29, 1.82) is 5.26 Å². The van der Waals surface area contributed by atoms with Crippen molar-refractivity contribution in [3.05, 3.63) is 54.1 Å². The highest BCUT2D eigenvalue weighted by atomic mass is 16.6. The summed E-state index contributed by atoms with van der Waals surface area (Å²) in [4.78, 5) is 18.0. The molecule has 0 fully saturated rings. The molecule has 0 aliphatic carbocycles. The molecular formula is C26H31N9O3. The van der Waals surface area contributed by atoms with Crippen LogP contribution < -0.4 is 22.1 Å². The molecule has 2 aromatic carbocycles. The molecule has 7 N–H and O–H groups in total. The molecular weight excluding hydrogens is 486 g/mol. The van der Waals surface area contributed by atoms with Crippen LogP contribution in [0.3, 0.4) is 0 Å². The summed E-state index contributed by atoms with van der Waals surface area (Å²) < 4.78 is 6.70. The van der Waals surface area contributed by atoms with Crippen molar-refractivity contribution in [2.45, 2.75) is 44.5 Å². The summed E-state index contributed by atoms with van der Waals surface area (Å²) in [5, 5.41) is 33.1. The van der Waals surface area contributed by atoms with Crippen LogP contribution >= 0.6 is 0 Å². The zero-order valence-corrected chi connectivity index (χ0v) is 20.9. The largest absolute Gasteiger partial charge is 0.372 e. The lowest BCUT2D eigenvalue weighted by molar-refractivity contribution is 0.0974. The lowest BCUT2D eigenvalue weighted by Crippen LogP contribution is -2.40. The van der Waals surface area contributed by atoms with Gasteiger partial charge in [-0.2, -0.15) is 5.26 Å². The number of rotatable bonds is 14. The van der Waals surface area contributed by atoms with Gasteiger partial charge < -0.3 is 31.8 Å². The van der Waals surface area contributed by atoms with Gasteiger partial charge in [-0.3, -0.25) is 4.79 Å². The van der Waals surface area contributed by atoms with Gasteiger partial charge in [-0.25, -0.2) is 9.61 Å². The molecule has 2 atom stereocenters. The number of Topliss-reactive ketones (excluding diaryl/α,β-unsaturated/α-hetero) is 1. The number of nitrogens with two attached hydrogens (primary N) is 2. The molecule has 0 aliphatic rings. The number of anilines is 2. The quantitative estimate of drug-likeness (QED) is 0.0936. The maximum absolute atomic E-state index is 13.3. The van der Waals surface area contributed by atoms with Crippen LogP contribution in [-0.4, -0.2) is 56.1 Å². The lowest BCUT2D eigenvalue weighted by atomic mass is 10.1. The third-order valence-electron chi connectivity index (χ3n) is 6.10. The van der Waals surface area contributed by atoms with E-state index >= 15 is 0 Å².